The minimum absolute atomic E-state index is 0.0824. The van der Waals surface area contributed by atoms with Gasteiger partial charge in [0.2, 0.25) is 0 Å². The maximum absolute atomic E-state index is 12.7. The molecule has 2 rings (SSSR count). The zero-order valence-electron chi connectivity index (χ0n) is 13.4. The third kappa shape index (κ3) is 3.74. The van der Waals surface area contributed by atoms with Crippen molar-refractivity contribution in [2.45, 2.75) is 52.0 Å². The van der Waals surface area contributed by atoms with E-state index in [1.165, 1.54) is 19.3 Å². The van der Waals surface area contributed by atoms with Crippen molar-refractivity contribution in [3.05, 3.63) is 23.9 Å². The van der Waals surface area contributed by atoms with E-state index in [9.17, 15) is 4.79 Å². The second kappa shape index (κ2) is 7.43. The van der Waals surface area contributed by atoms with Crippen LogP contribution in [0.2, 0.25) is 0 Å². The first kappa shape index (κ1) is 15.8. The first-order valence-electron chi connectivity index (χ1n) is 8.13. The molecule has 0 unspecified atom stereocenters. The molecule has 1 heterocycles. The van der Waals surface area contributed by atoms with Crippen molar-refractivity contribution in [2.75, 3.05) is 18.9 Å². The van der Waals surface area contributed by atoms with E-state index in [0.717, 1.165) is 25.3 Å². The standard InChI is InChI=1S/C17H27N3O/c1-4-13-8-10-14(11-9-13)20(3)17(21)15-7-6-12-19-16(15)18-5-2/h6-7,12-14H,4-5,8-11H2,1-3H3,(H,18,19). The summed E-state index contributed by atoms with van der Waals surface area (Å²) in [5.74, 6) is 1.62. The topological polar surface area (TPSA) is 45.2 Å². The van der Waals surface area contributed by atoms with Crippen molar-refractivity contribution in [3.63, 3.8) is 0 Å². The van der Waals surface area contributed by atoms with Gasteiger partial charge in [-0.2, -0.15) is 0 Å². The summed E-state index contributed by atoms with van der Waals surface area (Å²) in [6, 6.07) is 4.06. The summed E-state index contributed by atoms with van der Waals surface area (Å²) in [4.78, 5) is 18.9. The van der Waals surface area contributed by atoms with Gasteiger partial charge >= 0.3 is 0 Å². The molecular weight excluding hydrogens is 262 g/mol. The fraction of sp³-hybridized carbons (Fsp3) is 0.647. The Morgan fingerprint density at radius 3 is 2.67 bits per heavy atom. The minimum Gasteiger partial charge on any atom is -0.370 e. The molecular formula is C17H27N3O. The van der Waals surface area contributed by atoms with E-state index in [1.54, 1.807) is 6.20 Å². The van der Waals surface area contributed by atoms with Crippen LogP contribution in [0, 0.1) is 5.92 Å². The second-order valence-corrected chi connectivity index (χ2v) is 5.93. The summed E-state index contributed by atoms with van der Waals surface area (Å²) in [5, 5.41) is 3.17. The van der Waals surface area contributed by atoms with E-state index in [2.05, 4.69) is 17.2 Å². The Morgan fingerprint density at radius 2 is 2.05 bits per heavy atom. The monoisotopic (exact) mass is 289 g/mol. The number of aromatic nitrogens is 1. The molecule has 1 fully saturated rings. The second-order valence-electron chi connectivity index (χ2n) is 5.93. The number of pyridine rings is 1. The number of hydrogen-bond donors (Lipinski definition) is 1. The molecule has 0 atom stereocenters. The van der Waals surface area contributed by atoms with E-state index in [4.69, 9.17) is 0 Å². The van der Waals surface area contributed by atoms with Gasteiger partial charge in [0.15, 0.2) is 0 Å². The van der Waals surface area contributed by atoms with Crippen LogP contribution in [0.15, 0.2) is 18.3 Å². The Morgan fingerprint density at radius 1 is 1.33 bits per heavy atom. The molecule has 1 saturated carbocycles. The highest BCUT2D eigenvalue weighted by Crippen LogP contribution is 2.30. The van der Waals surface area contributed by atoms with E-state index >= 15 is 0 Å². The van der Waals surface area contributed by atoms with Crippen molar-refractivity contribution >= 4 is 11.7 Å². The summed E-state index contributed by atoms with van der Waals surface area (Å²) in [6.07, 6.45) is 7.71. The Hall–Kier alpha value is -1.58. The number of anilines is 1. The minimum atomic E-state index is 0.0824. The lowest BCUT2D eigenvalue weighted by molar-refractivity contribution is 0.0675. The number of amides is 1. The molecule has 0 radical (unpaired) electrons. The van der Waals surface area contributed by atoms with E-state index in [0.29, 0.717) is 17.4 Å². The van der Waals surface area contributed by atoms with Gasteiger partial charge in [0.25, 0.3) is 5.91 Å². The summed E-state index contributed by atoms with van der Waals surface area (Å²) in [7, 11) is 1.93. The Labute approximate surface area is 127 Å². The highest BCUT2D eigenvalue weighted by Gasteiger charge is 2.27. The fourth-order valence-corrected chi connectivity index (χ4v) is 3.18. The highest BCUT2D eigenvalue weighted by atomic mass is 16.2. The molecule has 0 aromatic carbocycles. The molecule has 1 amide bonds. The molecule has 21 heavy (non-hydrogen) atoms. The summed E-state index contributed by atoms with van der Waals surface area (Å²) >= 11 is 0. The van der Waals surface area contributed by atoms with Gasteiger partial charge in [0, 0.05) is 25.8 Å². The molecule has 0 spiro atoms. The Kier molecular flexibility index (Phi) is 5.59. The molecule has 116 valence electrons. The number of nitrogens with one attached hydrogen (secondary N) is 1. The molecule has 1 aromatic rings. The maximum atomic E-state index is 12.7. The zero-order chi connectivity index (χ0) is 15.2. The van der Waals surface area contributed by atoms with Crippen molar-refractivity contribution in [1.82, 2.24) is 9.88 Å². The van der Waals surface area contributed by atoms with Gasteiger partial charge in [-0.25, -0.2) is 4.98 Å². The smallest absolute Gasteiger partial charge is 0.257 e. The molecule has 1 aliphatic rings. The van der Waals surface area contributed by atoms with Gasteiger partial charge in [-0.3, -0.25) is 4.79 Å². The molecule has 1 N–H and O–H groups in total. The molecule has 4 heteroatoms. The zero-order valence-corrected chi connectivity index (χ0v) is 13.4. The first-order chi connectivity index (χ1) is 10.2. The van der Waals surface area contributed by atoms with E-state index in [1.807, 2.05) is 31.0 Å². The van der Waals surface area contributed by atoms with Gasteiger partial charge in [0.05, 0.1) is 5.56 Å². The molecule has 0 saturated heterocycles. The van der Waals surface area contributed by atoms with Gasteiger partial charge in [-0.1, -0.05) is 13.3 Å². The molecule has 0 bridgehead atoms. The number of nitrogens with zero attached hydrogens (tertiary/aromatic N) is 2. The van der Waals surface area contributed by atoms with Crippen LogP contribution in [0.4, 0.5) is 5.82 Å². The van der Waals surface area contributed by atoms with Crippen LogP contribution >= 0.6 is 0 Å². The summed E-state index contributed by atoms with van der Waals surface area (Å²) in [5.41, 5.74) is 0.680. The number of carbonyl (C=O) groups is 1. The van der Waals surface area contributed by atoms with Crippen LogP contribution in [0.1, 0.15) is 56.3 Å². The third-order valence-electron chi connectivity index (χ3n) is 4.64. The molecule has 4 nitrogen and oxygen atoms in total. The van der Waals surface area contributed by atoms with E-state index < -0.39 is 0 Å². The predicted molar refractivity (Wildman–Crippen MR) is 86.5 cm³/mol. The maximum Gasteiger partial charge on any atom is 0.257 e. The first-order valence-corrected chi connectivity index (χ1v) is 8.13. The fourth-order valence-electron chi connectivity index (χ4n) is 3.18. The van der Waals surface area contributed by atoms with Crippen molar-refractivity contribution in [1.29, 1.82) is 0 Å². The Bertz CT molecular complexity index is 467. The van der Waals surface area contributed by atoms with Crippen LogP contribution < -0.4 is 5.32 Å². The summed E-state index contributed by atoms with van der Waals surface area (Å²) < 4.78 is 0. The van der Waals surface area contributed by atoms with Gasteiger partial charge in [-0.05, 0) is 50.7 Å². The van der Waals surface area contributed by atoms with Gasteiger partial charge in [-0.15, -0.1) is 0 Å². The van der Waals surface area contributed by atoms with Crippen molar-refractivity contribution in [2.24, 2.45) is 5.92 Å². The van der Waals surface area contributed by atoms with Gasteiger partial charge in [0.1, 0.15) is 5.82 Å². The van der Waals surface area contributed by atoms with Crippen LogP contribution in [0.25, 0.3) is 0 Å². The van der Waals surface area contributed by atoms with Crippen molar-refractivity contribution in [3.8, 4) is 0 Å². The third-order valence-corrected chi connectivity index (χ3v) is 4.64. The molecule has 0 aliphatic heterocycles. The predicted octanol–water partition coefficient (Wildman–Crippen LogP) is 3.55. The average Bonchev–Trinajstić information content (AvgIpc) is 2.54. The van der Waals surface area contributed by atoms with Crippen LogP contribution in [0.3, 0.4) is 0 Å². The summed E-state index contributed by atoms with van der Waals surface area (Å²) in [6.45, 7) is 5.04. The highest BCUT2D eigenvalue weighted by molar-refractivity contribution is 5.98. The lowest BCUT2D eigenvalue weighted by atomic mass is 9.84. The number of hydrogen-bond acceptors (Lipinski definition) is 3. The largest absolute Gasteiger partial charge is 0.370 e. The van der Waals surface area contributed by atoms with E-state index in [-0.39, 0.29) is 5.91 Å². The SMILES string of the molecule is CCNc1ncccc1C(=O)N(C)C1CCC(CC)CC1. The number of rotatable bonds is 5. The number of carbonyl (C=O) groups excluding carboxylic acids is 1. The molecule has 1 aliphatic carbocycles. The lowest BCUT2D eigenvalue weighted by Gasteiger charge is -2.34. The normalized spacial score (nSPS) is 21.9. The van der Waals surface area contributed by atoms with Crippen LogP contribution in [0.5, 0.6) is 0 Å². The lowest BCUT2D eigenvalue weighted by Crippen LogP contribution is -2.39. The van der Waals surface area contributed by atoms with Crippen LogP contribution in [-0.2, 0) is 0 Å². The quantitative estimate of drug-likeness (QED) is 0.901. The van der Waals surface area contributed by atoms with Gasteiger partial charge < -0.3 is 10.2 Å². The van der Waals surface area contributed by atoms with Crippen molar-refractivity contribution < 1.29 is 4.79 Å². The molecule has 1 aromatic heterocycles. The van der Waals surface area contributed by atoms with Crippen LogP contribution in [-0.4, -0.2) is 35.4 Å². The Balaban J connectivity index is 2.06. The average molecular weight is 289 g/mol.